The Hall–Kier alpha value is -0.170. The quantitative estimate of drug-likeness (QED) is 0.712. The van der Waals surface area contributed by atoms with E-state index in [-0.39, 0.29) is 6.10 Å². The van der Waals surface area contributed by atoms with E-state index in [0.717, 1.165) is 0 Å². The zero-order chi connectivity index (χ0) is 10.6. The third-order valence-electron chi connectivity index (χ3n) is 2.02. The van der Waals surface area contributed by atoms with Crippen molar-refractivity contribution in [2.24, 2.45) is 0 Å². The standard InChI is InChI=1S/C8H17NO4S/c1-7(2)14(10,11)9-5-8-6-12-3-4-13-8/h7-9H,3-6H2,1-2H3. The minimum Gasteiger partial charge on any atom is -0.376 e. The van der Waals surface area contributed by atoms with Gasteiger partial charge < -0.3 is 9.47 Å². The Labute approximate surface area is 84.8 Å². The monoisotopic (exact) mass is 223 g/mol. The van der Waals surface area contributed by atoms with Gasteiger partial charge in [-0.1, -0.05) is 0 Å². The van der Waals surface area contributed by atoms with Crippen LogP contribution in [0.15, 0.2) is 0 Å². The van der Waals surface area contributed by atoms with E-state index >= 15 is 0 Å². The van der Waals surface area contributed by atoms with Gasteiger partial charge >= 0.3 is 0 Å². The van der Waals surface area contributed by atoms with Crippen molar-refractivity contribution in [3.05, 3.63) is 0 Å². The molecule has 6 heteroatoms. The maximum absolute atomic E-state index is 11.4. The van der Waals surface area contributed by atoms with E-state index < -0.39 is 15.3 Å². The zero-order valence-corrected chi connectivity index (χ0v) is 9.34. The normalized spacial score (nSPS) is 24.1. The van der Waals surface area contributed by atoms with E-state index in [0.29, 0.717) is 26.4 Å². The molecule has 1 aliphatic heterocycles. The fraction of sp³-hybridized carbons (Fsp3) is 1.00. The maximum atomic E-state index is 11.4. The van der Waals surface area contributed by atoms with Crippen molar-refractivity contribution in [2.75, 3.05) is 26.4 Å². The topological polar surface area (TPSA) is 64.6 Å². The van der Waals surface area contributed by atoms with Gasteiger partial charge in [-0.2, -0.15) is 0 Å². The average Bonchev–Trinajstić information content (AvgIpc) is 2.16. The number of ether oxygens (including phenoxy) is 2. The molecule has 1 heterocycles. The Bertz CT molecular complexity index is 257. The molecular formula is C8H17NO4S. The van der Waals surface area contributed by atoms with Crippen LogP contribution < -0.4 is 4.72 Å². The van der Waals surface area contributed by atoms with Crippen molar-refractivity contribution in [3.63, 3.8) is 0 Å². The highest BCUT2D eigenvalue weighted by molar-refractivity contribution is 7.90. The van der Waals surface area contributed by atoms with E-state index in [1.54, 1.807) is 13.8 Å². The molecule has 1 aliphatic rings. The number of hydrogen-bond acceptors (Lipinski definition) is 4. The molecule has 84 valence electrons. The number of hydrogen-bond donors (Lipinski definition) is 1. The van der Waals surface area contributed by atoms with E-state index in [4.69, 9.17) is 9.47 Å². The molecule has 0 bridgehead atoms. The van der Waals surface area contributed by atoms with Crippen molar-refractivity contribution < 1.29 is 17.9 Å². The summed E-state index contributed by atoms with van der Waals surface area (Å²) in [6.45, 7) is 5.16. The highest BCUT2D eigenvalue weighted by atomic mass is 32.2. The predicted octanol–water partition coefficient (Wildman–Crippen LogP) is -0.270. The third kappa shape index (κ3) is 3.53. The van der Waals surface area contributed by atoms with E-state index in [9.17, 15) is 8.42 Å². The Morgan fingerprint density at radius 2 is 2.14 bits per heavy atom. The molecule has 1 saturated heterocycles. The molecule has 0 aromatic rings. The largest absolute Gasteiger partial charge is 0.376 e. The predicted molar refractivity (Wildman–Crippen MR) is 52.6 cm³/mol. The summed E-state index contributed by atoms with van der Waals surface area (Å²) in [5, 5.41) is -0.410. The average molecular weight is 223 g/mol. The minimum atomic E-state index is -3.18. The van der Waals surface area contributed by atoms with Crippen LogP contribution in [-0.2, 0) is 19.5 Å². The first-order valence-corrected chi connectivity index (χ1v) is 6.25. The lowest BCUT2D eigenvalue weighted by Gasteiger charge is -2.23. The summed E-state index contributed by atoms with van der Waals surface area (Å²) in [5.41, 5.74) is 0. The van der Waals surface area contributed by atoms with Gasteiger partial charge in [0.15, 0.2) is 0 Å². The van der Waals surface area contributed by atoms with Crippen molar-refractivity contribution >= 4 is 10.0 Å². The van der Waals surface area contributed by atoms with Crippen LogP contribution in [-0.4, -0.2) is 46.1 Å². The molecule has 1 unspecified atom stereocenters. The molecule has 0 spiro atoms. The van der Waals surface area contributed by atoms with Gasteiger partial charge in [0.25, 0.3) is 0 Å². The van der Waals surface area contributed by atoms with Crippen molar-refractivity contribution in [1.29, 1.82) is 0 Å². The molecule has 1 rings (SSSR count). The first kappa shape index (κ1) is 11.9. The Morgan fingerprint density at radius 1 is 1.43 bits per heavy atom. The second kappa shape index (κ2) is 5.06. The molecule has 0 aromatic heterocycles. The summed E-state index contributed by atoms with van der Waals surface area (Å²) in [4.78, 5) is 0. The van der Waals surface area contributed by atoms with Crippen LogP contribution in [0.5, 0.6) is 0 Å². The minimum absolute atomic E-state index is 0.155. The summed E-state index contributed by atoms with van der Waals surface area (Å²) in [7, 11) is -3.18. The van der Waals surface area contributed by atoms with Crippen LogP contribution in [0, 0.1) is 0 Å². The Morgan fingerprint density at radius 3 is 2.64 bits per heavy atom. The van der Waals surface area contributed by atoms with Crippen LogP contribution in [0.25, 0.3) is 0 Å². The summed E-state index contributed by atoms with van der Waals surface area (Å²) in [6.07, 6.45) is -0.155. The van der Waals surface area contributed by atoms with Gasteiger partial charge in [-0.05, 0) is 13.8 Å². The summed E-state index contributed by atoms with van der Waals surface area (Å²) in [5.74, 6) is 0. The van der Waals surface area contributed by atoms with Crippen molar-refractivity contribution in [2.45, 2.75) is 25.2 Å². The van der Waals surface area contributed by atoms with Crippen molar-refractivity contribution in [1.82, 2.24) is 4.72 Å². The van der Waals surface area contributed by atoms with Crippen LogP contribution in [0.3, 0.4) is 0 Å². The zero-order valence-electron chi connectivity index (χ0n) is 8.52. The molecule has 1 N–H and O–H groups in total. The lowest BCUT2D eigenvalue weighted by molar-refractivity contribution is -0.0847. The van der Waals surface area contributed by atoms with E-state index in [1.807, 2.05) is 0 Å². The van der Waals surface area contributed by atoms with E-state index in [2.05, 4.69) is 4.72 Å². The van der Waals surface area contributed by atoms with Gasteiger partial charge in [-0.15, -0.1) is 0 Å². The number of sulfonamides is 1. The number of nitrogens with one attached hydrogen (secondary N) is 1. The molecule has 5 nitrogen and oxygen atoms in total. The highest BCUT2D eigenvalue weighted by Gasteiger charge is 2.20. The van der Waals surface area contributed by atoms with Gasteiger partial charge in [-0.3, -0.25) is 0 Å². The van der Waals surface area contributed by atoms with Crippen LogP contribution in [0.1, 0.15) is 13.8 Å². The third-order valence-corrected chi connectivity index (χ3v) is 3.83. The highest BCUT2D eigenvalue weighted by Crippen LogP contribution is 2.01. The SMILES string of the molecule is CC(C)S(=O)(=O)NCC1COCCO1. The smallest absolute Gasteiger partial charge is 0.214 e. The Balaban J connectivity index is 2.32. The molecule has 14 heavy (non-hydrogen) atoms. The molecule has 0 aromatic carbocycles. The fourth-order valence-electron chi connectivity index (χ4n) is 1.03. The van der Waals surface area contributed by atoms with Gasteiger partial charge in [0, 0.05) is 6.54 Å². The molecule has 0 amide bonds. The van der Waals surface area contributed by atoms with Crippen LogP contribution in [0.2, 0.25) is 0 Å². The van der Waals surface area contributed by atoms with Gasteiger partial charge in [0.2, 0.25) is 10.0 Å². The van der Waals surface area contributed by atoms with Gasteiger partial charge in [0.05, 0.1) is 31.2 Å². The number of rotatable bonds is 4. The van der Waals surface area contributed by atoms with Gasteiger partial charge in [-0.25, -0.2) is 13.1 Å². The molecular weight excluding hydrogens is 206 g/mol. The Kier molecular flexibility index (Phi) is 4.31. The van der Waals surface area contributed by atoms with Crippen LogP contribution in [0.4, 0.5) is 0 Å². The maximum Gasteiger partial charge on any atom is 0.214 e. The van der Waals surface area contributed by atoms with Crippen molar-refractivity contribution in [3.8, 4) is 0 Å². The second-order valence-electron chi connectivity index (χ2n) is 3.51. The first-order chi connectivity index (χ1) is 6.52. The van der Waals surface area contributed by atoms with Crippen LogP contribution >= 0.6 is 0 Å². The lowest BCUT2D eigenvalue weighted by atomic mass is 10.3. The lowest BCUT2D eigenvalue weighted by Crippen LogP contribution is -2.41. The molecule has 0 radical (unpaired) electrons. The van der Waals surface area contributed by atoms with Gasteiger partial charge in [0.1, 0.15) is 0 Å². The summed E-state index contributed by atoms with van der Waals surface area (Å²) < 4.78 is 35.7. The fourth-order valence-corrected chi connectivity index (χ4v) is 1.78. The first-order valence-electron chi connectivity index (χ1n) is 4.70. The van der Waals surface area contributed by atoms with E-state index in [1.165, 1.54) is 0 Å². The molecule has 0 aliphatic carbocycles. The molecule has 1 atom stereocenters. The summed E-state index contributed by atoms with van der Waals surface area (Å²) in [6, 6.07) is 0. The molecule has 0 saturated carbocycles. The molecule has 1 fully saturated rings. The second-order valence-corrected chi connectivity index (χ2v) is 5.83. The summed E-state index contributed by atoms with van der Waals surface area (Å²) >= 11 is 0.